The van der Waals surface area contributed by atoms with Gasteiger partial charge in [0.15, 0.2) is 0 Å². The smallest absolute Gasteiger partial charge is 0.297 e. The van der Waals surface area contributed by atoms with Crippen LogP contribution in [0.25, 0.3) is 0 Å². The number of nitrogens with zero attached hydrogens (tertiary/aromatic N) is 1. The minimum Gasteiger partial charge on any atom is -0.297 e. The van der Waals surface area contributed by atoms with Crippen molar-refractivity contribution >= 4 is 21.6 Å². The fourth-order valence-electron chi connectivity index (χ4n) is 3.13. The molecule has 0 aromatic heterocycles. The molecule has 1 aliphatic heterocycles. The van der Waals surface area contributed by atoms with Crippen LogP contribution < -0.4 is 4.72 Å². The first-order valence-corrected chi connectivity index (χ1v) is 10.4. The van der Waals surface area contributed by atoms with Gasteiger partial charge in [-0.15, -0.1) is 0 Å². The van der Waals surface area contributed by atoms with Crippen molar-refractivity contribution in [2.24, 2.45) is 0 Å². The molecule has 0 saturated carbocycles. The summed E-state index contributed by atoms with van der Waals surface area (Å²) < 4.78 is 79.9. The SMILES string of the molecule is CN1OC[C@@H](S(=O)(=O)NCc2cccc(C(F)(F)F)c2)[C@@H]1c1ccc(F)c(Cl)c1. The summed E-state index contributed by atoms with van der Waals surface area (Å²) in [6.07, 6.45) is -4.52. The number of nitrogens with one attached hydrogen (secondary N) is 1. The van der Waals surface area contributed by atoms with Crippen LogP contribution in [-0.4, -0.2) is 32.4 Å². The van der Waals surface area contributed by atoms with Crippen molar-refractivity contribution in [3.05, 3.63) is 70.0 Å². The third-order valence-corrected chi connectivity index (χ3v) is 6.63. The highest BCUT2D eigenvalue weighted by atomic mass is 35.5. The molecule has 2 aromatic carbocycles. The average molecular weight is 453 g/mol. The Kier molecular flexibility index (Phi) is 6.21. The number of hydrogen-bond donors (Lipinski definition) is 1. The lowest BCUT2D eigenvalue weighted by Crippen LogP contribution is -2.39. The van der Waals surface area contributed by atoms with Crippen molar-refractivity contribution in [2.75, 3.05) is 13.7 Å². The molecule has 1 fully saturated rings. The van der Waals surface area contributed by atoms with Gasteiger partial charge in [-0.05, 0) is 29.3 Å². The number of hydroxylamine groups is 2. The second kappa shape index (κ2) is 8.19. The van der Waals surface area contributed by atoms with Gasteiger partial charge >= 0.3 is 6.18 Å². The van der Waals surface area contributed by atoms with Gasteiger partial charge < -0.3 is 0 Å². The summed E-state index contributed by atoms with van der Waals surface area (Å²) in [5.41, 5.74) is -0.264. The molecular formula is C18H17ClF4N2O3S. The average Bonchev–Trinajstić information content (AvgIpc) is 3.04. The second-order valence-corrected chi connectivity index (χ2v) is 8.95. The highest BCUT2D eigenvalue weighted by Crippen LogP contribution is 2.35. The first kappa shape index (κ1) is 22.0. The maximum absolute atomic E-state index is 13.5. The molecule has 1 heterocycles. The van der Waals surface area contributed by atoms with Crippen LogP contribution >= 0.6 is 11.6 Å². The number of halogens is 5. The molecule has 0 unspecified atom stereocenters. The Balaban J connectivity index is 1.80. The standard InChI is InChI=1S/C18H17ClF4N2O3S/c1-25-17(12-5-6-15(20)14(19)8-12)16(10-28-25)29(26,27)24-9-11-3-2-4-13(7-11)18(21,22)23/h2-8,16-17,24H,9-10H2,1H3/t16-,17+/m1/s1. The number of hydrogen-bond acceptors (Lipinski definition) is 4. The zero-order valence-electron chi connectivity index (χ0n) is 15.1. The van der Waals surface area contributed by atoms with Crippen molar-refractivity contribution in [3.8, 4) is 0 Å². The molecule has 1 saturated heterocycles. The molecule has 0 bridgehead atoms. The molecule has 3 rings (SSSR count). The summed E-state index contributed by atoms with van der Waals surface area (Å²) in [5, 5.41) is 0.105. The van der Waals surface area contributed by atoms with Crippen LogP contribution in [0.15, 0.2) is 42.5 Å². The maximum atomic E-state index is 13.5. The van der Waals surface area contributed by atoms with E-state index in [1.165, 1.54) is 36.4 Å². The zero-order valence-corrected chi connectivity index (χ0v) is 16.7. The Morgan fingerprint density at radius 1 is 1.24 bits per heavy atom. The molecule has 1 aliphatic rings. The Morgan fingerprint density at radius 3 is 2.62 bits per heavy atom. The van der Waals surface area contributed by atoms with Crippen LogP contribution in [0.2, 0.25) is 5.02 Å². The molecule has 0 aliphatic carbocycles. The molecule has 0 amide bonds. The van der Waals surface area contributed by atoms with Gasteiger partial charge in [-0.3, -0.25) is 4.84 Å². The summed E-state index contributed by atoms with van der Waals surface area (Å²) in [6.45, 7) is -0.489. The molecule has 5 nitrogen and oxygen atoms in total. The Morgan fingerprint density at radius 2 is 1.97 bits per heavy atom. The van der Waals surface area contributed by atoms with E-state index < -0.39 is 38.9 Å². The quantitative estimate of drug-likeness (QED) is 0.699. The van der Waals surface area contributed by atoms with Gasteiger partial charge in [0.1, 0.15) is 11.1 Å². The van der Waals surface area contributed by atoms with E-state index in [2.05, 4.69) is 4.72 Å². The third kappa shape index (κ3) is 4.89. The topological polar surface area (TPSA) is 58.6 Å². The van der Waals surface area contributed by atoms with E-state index in [1.807, 2.05) is 0 Å². The molecule has 1 N–H and O–H groups in total. The monoisotopic (exact) mass is 452 g/mol. The minimum atomic E-state index is -4.52. The van der Waals surface area contributed by atoms with Crippen LogP contribution in [0.4, 0.5) is 17.6 Å². The van der Waals surface area contributed by atoms with Gasteiger partial charge in [0.2, 0.25) is 10.0 Å². The van der Waals surface area contributed by atoms with Crippen molar-refractivity contribution in [1.29, 1.82) is 0 Å². The normalized spacial score (nSPS) is 20.9. The molecule has 0 spiro atoms. The predicted molar refractivity (Wildman–Crippen MR) is 98.9 cm³/mol. The highest BCUT2D eigenvalue weighted by Gasteiger charge is 2.43. The lowest BCUT2D eigenvalue weighted by molar-refractivity contribution is -0.137. The predicted octanol–water partition coefficient (Wildman–Crippen LogP) is 3.90. The largest absolute Gasteiger partial charge is 0.416 e. The Labute approximate surface area is 170 Å². The van der Waals surface area contributed by atoms with Crippen molar-refractivity contribution in [1.82, 2.24) is 9.79 Å². The second-order valence-electron chi connectivity index (χ2n) is 6.56. The van der Waals surface area contributed by atoms with Crippen LogP contribution in [0.1, 0.15) is 22.7 Å². The van der Waals surface area contributed by atoms with Crippen LogP contribution in [0.3, 0.4) is 0 Å². The van der Waals surface area contributed by atoms with Gasteiger partial charge in [-0.1, -0.05) is 35.9 Å². The molecule has 2 atom stereocenters. The first-order valence-electron chi connectivity index (χ1n) is 8.44. The van der Waals surface area contributed by atoms with E-state index in [0.717, 1.165) is 18.2 Å². The third-order valence-electron chi connectivity index (χ3n) is 4.60. The summed E-state index contributed by atoms with van der Waals surface area (Å²) >= 11 is 5.80. The number of sulfonamides is 1. The van der Waals surface area contributed by atoms with Gasteiger partial charge in [-0.25, -0.2) is 17.5 Å². The van der Waals surface area contributed by atoms with Gasteiger partial charge in [0, 0.05) is 13.6 Å². The molecule has 29 heavy (non-hydrogen) atoms. The highest BCUT2D eigenvalue weighted by molar-refractivity contribution is 7.90. The summed E-state index contributed by atoms with van der Waals surface area (Å²) in [4.78, 5) is 5.33. The molecule has 2 aromatic rings. The molecule has 0 radical (unpaired) electrons. The Bertz CT molecular complexity index is 1000. The van der Waals surface area contributed by atoms with Gasteiger partial charge in [-0.2, -0.15) is 18.2 Å². The zero-order chi connectivity index (χ0) is 21.4. The maximum Gasteiger partial charge on any atom is 0.416 e. The van der Waals surface area contributed by atoms with Gasteiger partial charge in [0.25, 0.3) is 0 Å². The van der Waals surface area contributed by atoms with E-state index in [4.69, 9.17) is 16.4 Å². The van der Waals surface area contributed by atoms with E-state index in [9.17, 15) is 26.0 Å². The summed E-state index contributed by atoms with van der Waals surface area (Å²) in [7, 11) is -2.46. The molecule has 158 valence electrons. The van der Waals surface area contributed by atoms with Gasteiger partial charge in [0.05, 0.1) is 23.2 Å². The fourth-order valence-corrected chi connectivity index (χ4v) is 4.80. The van der Waals surface area contributed by atoms with Crippen molar-refractivity contribution in [3.63, 3.8) is 0 Å². The van der Waals surface area contributed by atoms with E-state index >= 15 is 0 Å². The first-order chi connectivity index (χ1) is 13.5. The number of rotatable bonds is 5. The van der Waals surface area contributed by atoms with Crippen LogP contribution in [0.5, 0.6) is 0 Å². The van der Waals surface area contributed by atoms with Crippen molar-refractivity contribution in [2.45, 2.75) is 24.0 Å². The van der Waals surface area contributed by atoms with E-state index in [1.54, 1.807) is 0 Å². The minimum absolute atomic E-state index is 0.157. The summed E-state index contributed by atoms with van der Waals surface area (Å²) in [6, 6.07) is 7.49. The van der Waals surface area contributed by atoms with Crippen molar-refractivity contribution < 1.29 is 30.8 Å². The number of alkyl halides is 3. The Hall–Kier alpha value is -1.72. The summed E-state index contributed by atoms with van der Waals surface area (Å²) in [5.74, 6) is -0.640. The fraction of sp³-hybridized carbons (Fsp3) is 0.333. The van der Waals surface area contributed by atoms with E-state index in [0.29, 0.717) is 5.56 Å². The lowest BCUT2D eigenvalue weighted by Gasteiger charge is -2.23. The molecular weight excluding hydrogens is 436 g/mol. The van der Waals surface area contributed by atoms with E-state index in [-0.39, 0.29) is 23.7 Å². The number of benzene rings is 2. The molecule has 11 heteroatoms. The van der Waals surface area contributed by atoms with Crippen LogP contribution in [-0.2, 0) is 27.6 Å². The van der Waals surface area contributed by atoms with Crippen LogP contribution in [0, 0.1) is 5.82 Å². The lowest BCUT2D eigenvalue weighted by atomic mass is 10.0.